The fraction of sp³-hybridized carbons (Fsp3) is 0.600. The minimum Gasteiger partial charge on any atom is -0.497 e. The molecule has 1 fully saturated rings. The zero-order valence-electron chi connectivity index (χ0n) is 12.2. The molecule has 0 spiro atoms. The standard InChI is InChI=1S/C15H23NO2.ClH/c1-14(2)10-16-15(3,18-11-14)9-12-6-5-7-13(8-12)17-4;/h5-8,16H,9-11H2,1-4H3;1H. The third kappa shape index (κ3) is 4.37. The van der Waals surface area contributed by atoms with Crippen molar-refractivity contribution in [3.63, 3.8) is 0 Å². The summed E-state index contributed by atoms with van der Waals surface area (Å²) in [5, 5.41) is 3.51. The summed E-state index contributed by atoms with van der Waals surface area (Å²) in [6.45, 7) is 8.31. The zero-order valence-corrected chi connectivity index (χ0v) is 13.0. The Hall–Kier alpha value is -0.770. The third-order valence-corrected chi connectivity index (χ3v) is 3.40. The van der Waals surface area contributed by atoms with Crippen molar-refractivity contribution in [1.82, 2.24) is 5.32 Å². The van der Waals surface area contributed by atoms with E-state index in [-0.39, 0.29) is 23.5 Å². The van der Waals surface area contributed by atoms with Gasteiger partial charge in [-0.3, -0.25) is 5.32 Å². The Balaban J connectivity index is 0.00000180. The van der Waals surface area contributed by atoms with E-state index >= 15 is 0 Å². The summed E-state index contributed by atoms with van der Waals surface area (Å²) in [5.41, 5.74) is 1.17. The third-order valence-electron chi connectivity index (χ3n) is 3.40. The Labute approximate surface area is 122 Å². The second kappa shape index (κ2) is 6.12. The molecule has 0 saturated carbocycles. The monoisotopic (exact) mass is 285 g/mol. The van der Waals surface area contributed by atoms with Crippen LogP contribution in [0.2, 0.25) is 0 Å². The van der Waals surface area contributed by atoms with E-state index in [4.69, 9.17) is 9.47 Å². The highest BCUT2D eigenvalue weighted by Gasteiger charge is 2.35. The maximum absolute atomic E-state index is 6.01. The summed E-state index contributed by atoms with van der Waals surface area (Å²) < 4.78 is 11.3. The van der Waals surface area contributed by atoms with Crippen LogP contribution >= 0.6 is 12.4 Å². The highest BCUT2D eigenvalue weighted by Crippen LogP contribution is 2.27. The maximum Gasteiger partial charge on any atom is 0.120 e. The summed E-state index contributed by atoms with van der Waals surface area (Å²) in [4.78, 5) is 0. The van der Waals surface area contributed by atoms with Crippen LogP contribution < -0.4 is 10.1 Å². The summed E-state index contributed by atoms with van der Waals surface area (Å²) >= 11 is 0. The highest BCUT2D eigenvalue weighted by molar-refractivity contribution is 5.85. The zero-order chi connectivity index (χ0) is 13.2. The Kier molecular flexibility index (Phi) is 5.25. The summed E-state index contributed by atoms with van der Waals surface area (Å²) in [5.74, 6) is 0.896. The lowest BCUT2D eigenvalue weighted by Gasteiger charge is -2.42. The van der Waals surface area contributed by atoms with Crippen LogP contribution in [0.25, 0.3) is 0 Å². The first-order valence-electron chi connectivity index (χ1n) is 6.44. The molecule has 0 amide bonds. The van der Waals surface area contributed by atoms with Gasteiger partial charge in [0.1, 0.15) is 11.5 Å². The molecular formula is C15H24ClNO2. The summed E-state index contributed by atoms with van der Waals surface area (Å²) in [7, 11) is 1.69. The van der Waals surface area contributed by atoms with Crippen LogP contribution in [0.4, 0.5) is 0 Å². The molecule has 1 aliphatic rings. The second-order valence-corrected chi connectivity index (χ2v) is 6.07. The summed E-state index contributed by atoms with van der Waals surface area (Å²) in [6, 6.07) is 8.16. The van der Waals surface area contributed by atoms with E-state index in [1.807, 2.05) is 12.1 Å². The van der Waals surface area contributed by atoms with Gasteiger partial charge in [-0.25, -0.2) is 0 Å². The van der Waals surface area contributed by atoms with E-state index in [0.717, 1.165) is 25.3 Å². The molecule has 1 unspecified atom stereocenters. The molecule has 0 aliphatic carbocycles. The number of hydrogen-bond donors (Lipinski definition) is 1. The molecule has 1 aliphatic heterocycles. The lowest BCUT2D eigenvalue weighted by molar-refractivity contribution is -0.125. The van der Waals surface area contributed by atoms with E-state index in [9.17, 15) is 0 Å². The van der Waals surface area contributed by atoms with E-state index in [0.29, 0.717) is 0 Å². The van der Waals surface area contributed by atoms with Gasteiger partial charge in [0.15, 0.2) is 0 Å². The first kappa shape index (κ1) is 16.3. The minimum absolute atomic E-state index is 0. The lowest BCUT2D eigenvalue weighted by atomic mass is 9.90. The maximum atomic E-state index is 6.01. The molecule has 1 N–H and O–H groups in total. The average Bonchev–Trinajstić information content (AvgIpc) is 2.34. The molecule has 3 nitrogen and oxygen atoms in total. The van der Waals surface area contributed by atoms with Gasteiger partial charge in [-0.05, 0) is 24.6 Å². The van der Waals surface area contributed by atoms with Gasteiger partial charge in [0, 0.05) is 18.4 Å². The van der Waals surface area contributed by atoms with Crippen LogP contribution in [0.1, 0.15) is 26.3 Å². The quantitative estimate of drug-likeness (QED) is 0.926. The van der Waals surface area contributed by atoms with E-state index in [2.05, 4.69) is 38.2 Å². The van der Waals surface area contributed by atoms with Gasteiger partial charge in [-0.1, -0.05) is 26.0 Å². The fourth-order valence-corrected chi connectivity index (χ4v) is 2.17. The van der Waals surface area contributed by atoms with Gasteiger partial charge in [0.2, 0.25) is 0 Å². The Morgan fingerprint density at radius 2 is 2.05 bits per heavy atom. The van der Waals surface area contributed by atoms with Gasteiger partial charge in [0.05, 0.1) is 13.7 Å². The van der Waals surface area contributed by atoms with Crippen molar-refractivity contribution in [2.45, 2.75) is 32.9 Å². The van der Waals surface area contributed by atoms with Gasteiger partial charge in [-0.15, -0.1) is 12.4 Å². The minimum atomic E-state index is -0.276. The molecule has 4 heteroatoms. The molecule has 1 heterocycles. The fourth-order valence-electron chi connectivity index (χ4n) is 2.17. The van der Waals surface area contributed by atoms with E-state index < -0.39 is 0 Å². The number of halogens is 1. The van der Waals surface area contributed by atoms with Crippen LogP contribution in [-0.2, 0) is 11.2 Å². The van der Waals surface area contributed by atoms with Gasteiger partial charge < -0.3 is 9.47 Å². The predicted molar refractivity (Wildman–Crippen MR) is 80.1 cm³/mol. The van der Waals surface area contributed by atoms with Crippen LogP contribution in [0, 0.1) is 5.41 Å². The van der Waals surface area contributed by atoms with Gasteiger partial charge in [-0.2, -0.15) is 0 Å². The van der Waals surface area contributed by atoms with Gasteiger partial charge in [0.25, 0.3) is 0 Å². The molecule has 19 heavy (non-hydrogen) atoms. The number of hydrogen-bond acceptors (Lipinski definition) is 3. The molecule has 0 aromatic heterocycles. The second-order valence-electron chi connectivity index (χ2n) is 6.07. The number of methoxy groups -OCH3 is 1. The first-order valence-corrected chi connectivity index (χ1v) is 6.44. The van der Waals surface area contributed by atoms with Crippen LogP contribution in [0.15, 0.2) is 24.3 Å². The van der Waals surface area contributed by atoms with Crippen molar-refractivity contribution < 1.29 is 9.47 Å². The Morgan fingerprint density at radius 3 is 2.63 bits per heavy atom. The van der Waals surface area contributed by atoms with Crippen molar-refractivity contribution in [3.8, 4) is 5.75 Å². The number of ether oxygens (including phenoxy) is 2. The normalized spacial score (nSPS) is 25.5. The van der Waals surface area contributed by atoms with Crippen molar-refractivity contribution in [2.75, 3.05) is 20.3 Å². The Morgan fingerprint density at radius 1 is 1.32 bits per heavy atom. The molecule has 1 saturated heterocycles. The van der Waals surface area contributed by atoms with Crippen LogP contribution in [-0.4, -0.2) is 26.0 Å². The van der Waals surface area contributed by atoms with E-state index in [1.54, 1.807) is 7.11 Å². The predicted octanol–water partition coefficient (Wildman–Crippen LogP) is 3.02. The molecule has 108 valence electrons. The Bertz CT molecular complexity index is 410. The SMILES string of the molecule is COc1cccc(CC2(C)NCC(C)(C)CO2)c1.Cl. The van der Waals surface area contributed by atoms with Crippen LogP contribution in [0.3, 0.4) is 0 Å². The van der Waals surface area contributed by atoms with Crippen molar-refractivity contribution in [2.24, 2.45) is 5.41 Å². The molecule has 1 aromatic carbocycles. The van der Waals surface area contributed by atoms with Crippen molar-refractivity contribution >= 4 is 12.4 Å². The van der Waals surface area contributed by atoms with Crippen LogP contribution in [0.5, 0.6) is 5.75 Å². The first-order chi connectivity index (χ1) is 8.42. The number of nitrogens with one attached hydrogen (secondary N) is 1. The lowest BCUT2D eigenvalue weighted by Crippen LogP contribution is -2.56. The molecule has 0 radical (unpaired) electrons. The molecule has 1 aromatic rings. The molecular weight excluding hydrogens is 262 g/mol. The molecule has 1 atom stereocenters. The molecule has 0 bridgehead atoms. The number of rotatable bonds is 3. The molecule has 2 rings (SSSR count). The van der Waals surface area contributed by atoms with Crippen molar-refractivity contribution in [3.05, 3.63) is 29.8 Å². The largest absolute Gasteiger partial charge is 0.497 e. The van der Waals surface area contributed by atoms with Gasteiger partial charge >= 0.3 is 0 Å². The number of benzene rings is 1. The van der Waals surface area contributed by atoms with E-state index in [1.165, 1.54) is 5.56 Å². The van der Waals surface area contributed by atoms with Crippen molar-refractivity contribution in [1.29, 1.82) is 0 Å². The average molecular weight is 286 g/mol. The smallest absolute Gasteiger partial charge is 0.120 e. The summed E-state index contributed by atoms with van der Waals surface area (Å²) in [6.07, 6.45) is 0.848. The highest BCUT2D eigenvalue weighted by atomic mass is 35.5. The topological polar surface area (TPSA) is 30.5 Å².